The maximum absolute atomic E-state index is 9.77. The molecule has 0 saturated heterocycles. The van der Waals surface area contributed by atoms with Crippen molar-refractivity contribution >= 4 is 0 Å². The average molecular weight is 209 g/mol. The summed E-state index contributed by atoms with van der Waals surface area (Å²) < 4.78 is 5.11. The number of nitrogens with two attached hydrogens (primary N) is 1. The first kappa shape index (κ1) is 12.0. The lowest BCUT2D eigenvalue weighted by Crippen LogP contribution is -2.25. The zero-order chi connectivity index (χ0) is 11.3. The lowest BCUT2D eigenvalue weighted by Gasteiger charge is -2.19. The molecule has 0 radical (unpaired) electrons. The molecule has 1 rings (SSSR count). The van der Waals surface area contributed by atoms with E-state index < -0.39 is 6.10 Å². The summed E-state index contributed by atoms with van der Waals surface area (Å²) >= 11 is 0. The van der Waals surface area contributed by atoms with Gasteiger partial charge in [0.2, 0.25) is 0 Å². The second-order valence-corrected chi connectivity index (χ2v) is 3.66. The van der Waals surface area contributed by atoms with Crippen LogP contribution in [0.3, 0.4) is 0 Å². The Morgan fingerprint density at radius 3 is 2.80 bits per heavy atom. The van der Waals surface area contributed by atoms with E-state index in [0.717, 1.165) is 24.2 Å². The molecule has 0 spiro atoms. The monoisotopic (exact) mass is 209 g/mol. The summed E-state index contributed by atoms with van der Waals surface area (Å²) in [5.74, 6) is 0.770. The highest BCUT2D eigenvalue weighted by Crippen LogP contribution is 2.21. The Kier molecular flexibility index (Phi) is 4.59. The number of ether oxygens (including phenoxy) is 1. The van der Waals surface area contributed by atoms with Crippen LogP contribution in [-0.2, 0) is 0 Å². The largest absolute Gasteiger partial charge is 0.497 e. The van der Waals surface area contributed by atoms with E-state index >= 15 is 0 Å². The van der Waals surface area contributed by atoms with E-state index in [1.807, 2.05) is 31.2 Å². The molecule has 0 aliphatic carbocycles. The van der Waals surface area contributed by atoms with Gasteiger partial charge in [-0.1, -0.05) is 25.5 Å². The molecule has 0 saturated carbocycles. The highest BCUT2D eigenvalue weighted by atomic mass is 16.5. The first-order valence-electron chi connectivity index (χ1n) is 5.26. The van der Waals surface area contributed by atoms with Crippen LogP contribution < -0.4 is 10.5 Å². The van der Waals surface area contributed by atoms with Crippen LogP contribution in [0.1, 0.15) is 31.4 Å². The quantitative estimate of drug-likeness (QED) is 0.778. The van der Waals surface area contributed by atoms with Crippen molar-refractivity contribution in [1.82, 2.24) is 0 Å². The van der Waals surface area contributed by atoms with Crippen molar-refractivity contribution < 1.29 is 9.84 Å². The van der Waals surface area contributed by atoms with E-state index in [1.165, 1.54) is 0 Å². The maximum Gasteiger partial charge on any atom is 0.119 e. The van der Waals surface area contributed by atoms with E-state index in [-0.39, 0.29) is 6.04 Å². The van der Waals surface area contributed by atoms with Gasteiger partial charge in [-0.15, -0.1) is 0 Å². The summed E-state index contributed by atoms with van der Waals surface area (Å²) in [4.78, 5) is 0. The lowest BCUT2D eigenvalue weighted by atomic mass is 9.99. The Balaban J connectivity index is 2.76. The van der Waals surface area contributed by atoms with Crippen LogP contribution in [0.15, 0.2) is 24.3 Å². The Morgan fingerprint density at radius 2 is 2.20 bits per heavy atom. The molecule has 1 aromatic rings. The van der Waals surface area contributed by atoms with Gasteiger partial charge in [-0.2, -0.15) is 0 Å². The molecule has 1 aromatic carbocycles. The SMILES string of the molecule is CCC[C@H](O)[C@H](N)c1cccc(OC)c1. The smallest absolute Gasteiger partial charge is 0.119 e. The van der Waals surface area contributed by atoms with E-state index in [9.17, 15) is 5.11 Å². The van der Waals surface area contributed by atoms with Gasteiger partial charge in [-0.05, 0) is 24.1 Å². The topological polar surface area (TPSA) is 55.5 Å². The van der Waals surface area contributed by atoms with E-state index in [0.29, 0.717) is 0 Å². The van der Waals surface area contributed by atoms with E-state index in [2.05, 4.69) is 0 Å². The number of hydrogen-bond donors (Lipinski definition) is 2. The molecule has 15 heavy (non-hydrogen) atoms. The van der Waals surface area contributed by atoms with Gasteiger partial charge in [0.25, 0.3) is 0 Å². The van der Waals surface area contributed by atoms with Crippen molar-refractivity contribution in [1.29, 1.82) is 0 Å². The van der Waals surface area contributed by atoms with Gasteiger partial charge in [-0.25, -0.2) is 0 Å². The Bertz CT molecular complexity index is 301. The third-order valence-electron chi connectivity index (χ3n) is 2.48. The molecular formula is C12H19NO2. The Morgan fingerprint density at radius 1 is 1.47 bits per heavy atom. The number of methoxy groups -OCH3 is 1. The number of benzene rings is 1. The average Bonchev–Trinajstić information content (AvgIpc) is 2.28. The first-order valence-corrected chi connectivity index (χ1v) is 5.26. The predicted octanol–water partition coefficient (Wildman–Crippen LogP) is 1.86. The third-order valence-corrected chi connectivity index (χ3v) is 2.48. The number of hydrogen-bond acceptors (Lipinski definition) is 3. The summed E-state index contributed by atoms with van der Waals surface area (Å²) in [7, 11) is 1.62. The van der Waals surface area contributed by atoms with Gasteiger partial charge in [0.15, 0.2) is 0 Å². The van der Waals surface area contributed by atoms with Gasteiger partial charge < -0.3 is 15.6 Å². The van der Waals surface area contributed by atoms with Crippen molar-refractivity contribution in [2.24, 2.45) is 5.73 Å². The highest BCUT2D eigenvalue weighted by Gasteiger charge is 2.15. The number of aliphatic hydroxyl groups excluding tert-OH is 1. The number of aliphatic hydroxyl groups is 1. The molecule has 0 amide bonds. The van der Waals surface area contributed by atoms with Crippen LogP contribution in [0.25, 0.3) is 0 Å². The standard InChI is InChI=1S/C12H19NO2/c1-3-5-11(14)12(13)9-6-4-7-10(8-9)15-2/h4,6-8,11-12,14H,3,5,13H2,1-2H3/t11-,12+/m0/s1. The van der Waals surface area contributed by atoms with Gasteiger partial charge in [-0.3, -0.25) is 0 Å². The van der Waals surface area contributed by atoms with Gasteiger partial charge >= 0.3 is 0 Å². The predicted molar refractivity (Wildman–Crippen MR) is 60.8 cm³/mol. The molecule has 3 nitrogen and oxygen atoms in total. The minimum absolute atomic E-state index is 0.333. The van der Waals surface area contributed by atoms with Crippen LogP contribution in [-0.4, -0.2) is 18.3 Å². The summed E-state index contributed by atoms with van der Waals surface area (Å²) in [6, 6.07) is 7.19. The second kappa shape index (κ2) is 5.73. The summed E-state index contributed by atoms with van der Waals surface area (Å²) in [6.07, 6.45) is 1.17. The van der Waals surface area contributed by atoms with Crippen LogP contribution in [0, 0.1) is 0 Å². The van der Waals surface area contributed by atoms with Crippen molar-refractivity contribution in [3.8, 4) is 5.75 Å². The van der Waals surface area contributed by atoms with Crippen LogP contribution in [0.4, 0.5) is 0 Å². The summed E-state index contributed by atoms with van der Waals surface area (Å²) in [5, 5.41) is 9.77. The third kappa shape index (κ3) is 3.22. The maximum atomic E-state index is 9.77. The van der Waals surface area contributed by atoms with Crippen molar-refractivity contribution in [3.05, 3.63) is 29.8 Å². The zero-order valence-electron chi connectivity index (χ0n) is 9.31. The molecule has 84 valence electrons. The molecule has 0 aliphatic heterocycles. The van der Waals surface area contributed by atoms with Crippen molar-refractivity contribution in [2.45, 2.75) is 31.9 Å². The molecule has 3 N–H and O–H groups in total. The molecule has 3 heteroatoms. The highest BCUT2D eigenvalue weighted by molar-refractivity contribution is 5.30. The van der Waals surface area contributed by atoms with Gasteiger partial charge in [0.1, 0.15) is 5.75 Å². The van der Waals surface area contributed by atoms with Crippen LogP contribution in [0.2, 0.25) is 0 Å². The molecule has 0 fully saturated rings. The normalized spacial score (nSPS) is 14.7. The zero-order valence-corrected chi connectivity index (χ0v) is 9.31. The molecule has 2 atom stereocenters. The first-order chi connectivity index (χ1) is 7.19. The summed E-state index contributed by atoms with van der Waals surface area (Å²) in [5.41, 5.74) is 6.85. The van der Waals surface area contributed by atoms with Gasteiger partial charge in [0.05, 0.1) is 19.3 Å². The Labute approximate surface area is 90.9 Å². The molecule has 0 aliphatic rings. The van der Waals surface area contributed by atoms with Crippen LogP contribution >= 0.6 is 0 Å². The minimum atomic E-state index is -0.484. The summed E-state index contributed by atoms with van der Waals surface area (Å²) in [6.45, 7) is 2.03. The molecule has 0 heterocycles. The second-order valence-electron chi connectivity index (χ2n) is 3.66. The van der Waals surface area contributed by atoms with E-state index in [4.69, 9.17) is 10.5 Å². The molecule has 0 unspecified atom stereocenters. The minimum Gasteiger partial charge on any atom is -0.497 e. The molecule has 0 bridgehead atoms. The number of rotatable bonds is 5. The fourth-order valence-electron chi connectivity index (χ4n) is 1.55. The fraction of sp³-hybridized carbons (Fsp3) is 0.500. The Hall–Kier alpha value is -1.06. The van der Waals surface area contributed by atoms with Crippen molar-refractivity contribution in [3.63, 3.8) is 0 Å². The van der Waals surface area contributed by atoms with Crippen LogP contribution in [0.5, 0.6) is 5.75 Å². The molecule has 0 aromatic heterocycles. The van der Waals surface area contributed by atoms with Crippen molar-refractivity contribution in [2.75, 3.05) is 7.11 Å². The van der Waals surface area contributed by atoms with E-state index in [1.54, 1.807) is 7.11 Å². The molecular weight excluding hydrogens is 190 g/mol. The lowest BCUT2D eigenvalue weighted by molar-refractivity contribution is 0.134. The fourth-order valence-corrected chi connectivity index (χ4v) is 1.55. The van der Waals surface area contributed by atoms with Gasteiger partial charge in [0, 0.05) is 0 Å².